The van der Waals surface area contributed by atoms with Gasteiger partial charge in [-0.25, -0.2) is 0 Å². The minimum absolute atomic E-state index is 0.478. The standard InChI is InChI=1S/C14H21N5/c1-2-3-4-5-6-10-17-14(18-12-15)19-13-8-7-9-16-11-13/h7-9,11H,2-6,10H2,1H3,(H2,17,18,19). The van der Waals surface area contributed by atoms with Gasteiger partial charge in [-0.2, -0.15) is 5.26 Å². The quantitative estimate of drug-likeness (QED) is 0.260. The Bertz CT molecular complexity index is 408. The zero-order valence-corrected chi connectivity index (χ0v) is 11.4. The van der Waals surface area contributed by atoms with Gasteiger partial charge >= 0.3 is 0 Å². The molecule has 0 saturated carbocycles. The summed E-state index contributed by atoms with van der Waals surface area (Å²) in [5, 5.41) is 14.3. The molecule has 0 aliphatic carbocycles. The molecule has 5 heteroatoms. The highest BCUT2D eigenvalue weighted by Gasteiger charge is 1.98. The Morgan fingerprint density at radius 1 is 1.37 bits per heavy atom. The van der Waals surface area contributed by atoms with Crippen LogP contribution in [-0.2, 0) is 0 Å². The normalized spacial score (nSPS) is 10.8. The van der Waals surface area contributed by atoms with Gasteiger partial charge in [0.1, 0.15) is 0 Å². The van der Waals surface area contributed by atoms with E-state index in [4.69, 9.17) is 5.26 Å². The second-order valence-corrected chi connectivity index (χ2v) is 4.25. The Kier molecular flexibility index (Phi) is 7.79. The fourth-order valence-electron chi connectivity index (χ4n) is 1.64. The maximum Gasteiger partial charge on any atom is 0.209 e. The molecular formula is C14H21N5. The predicted octanol–water partition coefficient (Wildman–Crippen LogP) is 2.89. The first-order chi connectivity index (χ1) is 9.36. The highest BCUT2D eigenvalue weighted by Crippen LogP contribution is 2.04. The number of nitrogens with zero attached hydrogens (tertiary/aromatic N) is 3. The molecule has 0 atom stereocenters. The van der Waals surface area contributed by atoms with Gasteiger partial charge in [-0.15, -0.1) is 0 Å². The number of hydrogen-bond acceptors (Lipinski definition) is 3. The third-order valence-corrected chi connectivity index (χ3v) is 2.63. The molecule has 0 saturated heterocycles. The first-order valence-corrected chi connectivity index (χ1v) is 6.73. The van der Waals surface area contributed by atoms with E-state index >= 15 is 0 Å². The molecule has 0 aliphatic heterocycles. The number of hydrogen-bond donors (Lipinski definition) is 2. The highest BCUT2D eigenvalue weighted by atomic mass is 15.2. The van der Waals surface area contributed by atoms with Crippen LogP contribution in [0.25, 0.3) is 0 Å². The number of aromatic nitrogens is 1. The number of nitrogens with one attached hydrogen (secondary N) is 2. The lowest BCUT2D eigenvalue weighted by atomic mass is 10.2. The van der Waals surface area contributed by atoms with Crippen LogP contribution in [0, 0.1) is 11.5 Å². The average molecular weight is 259 g/mol. The summed E-state index contributed by atoms with van der Waals surface area (Å²) >= 11 is 0. The van der Waals surface area contributed by atoms with Gasteiger partial charge in [0.05, 0.1) is 11.9 Å². The van der Waals surface area contributed by atoms with E-state index in [-0.39, 0.29) is 0 Å². The van der Waals surface area contributed by atoms with Gasteiger partial charge in [0.2, 0.25) is 5.96 Å². The lowest BCUT2D eigenvalue weighted by Crippen LogP contribution is -2.27. The van der Waals surface area contributed by atoms with Crippen molar-refractivity contribution < 1.29 is 0 Å². The Labute approximate surface area is 114 Å². The molecule has 1 aromatic rings. The zero-order valence-electron chi connectivity index (χ0n) is 11.4. The van der Waals surface area contributed by atoms with Crippen LogP contribution in [0.5, 0.6) is 0 Å². The van der Waals surface area contributed by atoms with Crippen LogP contribution in [0.2, 0.25) is 0 Å². The number of unbranched alkanes of at least 4 members (excludes halogenated alkanes) is 4. The largest absolute Gasteiger partial charge is 0.324 e. The summed E-state index contributed by atoms with van der Waals surface area (Å²) in [6.07, 6.45) is 11.3. The molecule has 0 fully saturated rings. The molecule has 1 rings (SSSR count). The first-order valence-electron chi connectivity index (χ1n) is 6.73. The fourth-order valence-corrected chi connectivity index (χ4v) is 1.64. The Morgan fingerprint density at radius 3 is 2.89 bits per heavy atom. The minimum atomic E-state index is 0.478. The lowest BCUT2D eigenvalue weighted by Gasteiger charge is -2.07. The summed E-state index contributed by atoms with van der Waals surface area (Å²) in [5.74, 6) is 0.478. The second kappa shape index (κ2) is 9.89. The number of pyridine rings is 1. The number of aliphatic imine (C=N–C) groups is 1. The lowest BCUT2D eigenvalue weighted by molar-refractivity contribution is 0.638. The van der Waals surface area contributed by atoms with E-state index in [0.717, 1.165) is 18.7 Å². The van der Waals surface area contributed by atoms with Crippen LogP contribution >= 0.6 is 0 Å². The van der Waals surface area contributed by atoms with Gasteiger partial charge < -0.3 is 5.32 Å². The molecule has 2 N–H and O–H groups in total. The average Bonchev–Trinajstić information content (AvgIpc) is 2.44. The molecule has 102 valence electrons. The van der Waals surface area contributed by atoms with E-state index in [0.29, 0.717) is 5.96 Å². The summed E-state index contributed by atoms with van der Waals surface area (Å²) in [4.78, 5) is 8.35. The number of nitriles is 1. The maximum absolute atomic E-state index is 8.69. The van der Waals surface area contributed by atoms with Crippen molar-refractivity contribution in [1.29, 1.82) is 5.26 Å². The fraction of sp³-hybridized carbons (Fsp3) is 0.500. The van der Waals surface area contributed by atoms with Crippen molar-refractivity contribution in [3.05, 3.63) is 24.5 Å². The molecule has 0 aromatic carbocycles. The van der Waals surface area contributed by atoms with Crippen LogP contribution in [0.3, 0.4) is 0 Å². The van der Waals surface area contributed by atoms with Crippen LogP contribution < -0.4 is 10.6 Å². The second-order valence-electron chi connectivity index (χ2n) is 4.25. The molecule has 0 bridgehead atoms. The number of guanidine groups is 1. The molecule has 19 heavy (non-hydrogen) atoms. The molecule has 0 aliphatic rings. The third-order valence-electron chi connectivity index (χ3n) is 2.63. The Balaban J connectivity index is 2.37. The van der Waals surface area contributed by atoms with Crippen molar-refractivity contribution in [3.8, 4) is 6.19 Å². The number of anilines is 1. The van der Waals surface area contributed by atoms with Crippen molar-refractivity contribution in [1.82, 2.24) is 10.3 Å². The summed E-state index contributed by atoms with van der Waals surface area (Å²) in [6.45, 7) is 2.92. The predicted molar refractivity (Wildman–Crippen MR) is 77.7 cm³/mol. The Hall–Kier alpha value is -2.09. The molecule has 1 aromatic heterocycles. The maximum atomic E-state index is 8.69. The van der Waals surface area contributed by atoms with Crippen molar-refractivity contribution in [2.75, 3.05) is 11.9 Å². The molecular weight excluding hydrogens is 238 g/mol. The van der Waals surface area contributed by atoms with E-state index in [1.165, 1.54) is 25.7 Å². The Morgan fingerprint density at radius 2 is 2.21 bits per heavy atom. The van der Waals surface area contributed by atoms with Crippen molar-refractivity contribution in [2.24, 2.45) is 4.99 Å². The smallest absolute Gasteiger partial charge is 0.209 e. The molecule has 0 unspecified atom stereocenters. The van der Waals surface area contributed by atoms with Crippen molar-refractivity contribution in [3.63, 3.8) is 0 Å². The van der Waals surface area contributed by atoms with E-state index < -0.39 is 0 Å². The summed E-state index contributed by atoms with van der Waals surface area (Å²) in [5.41, 5.74) is 0.815. The topological polar surface area (TPSA) is 73.1 Å². The highest BCUT2D eigenvalue weighted by molar-refractivity contribution is 5.94. The SMILES string of the molecule is CCCCCCCN=C(NC#N)Nc1cccnc1. The zero-order chi connectivity index (χ0) is 13.8. The summed E-state index contributed by atoms with van der Waals surface area (Å²) in [7, 11) is 0. The van der Waals surface area contributed by atoms with Gasteiger partial charge in [-0.1, -0.05) is 32.6 Å². The molecule has 5 nitrogen and oxygen atoms in total. The third kappa shape index (κ3) is 7.04. The molecule has 0 amide bonds. The van der Waals surface area contributed by atoms with Crippen molar-refractivity contribution >= 4 is 11.6 Å². The molecule has 1 heterocycles. The molecule has 0 radical (unpaired) electrons. The van der Waals surface area contributed by atoms with Gasteiger partial charge in [0, 0.05) is 12.7 Å². The van der Waals surface area contributed by atoms with E-state index in [1.54, 1.807) is 12.4 Å². The molecule has 0 spiro atoms. The minimum Gasteiger partial charge on any atom is -0.324 e. The van der Waals surface area contributed by atoms with Crippen LogP contribution in [-0.4, -0.2) is 17.5 Å². The van der Waals surface area contributed by atoms with Crippen LogP contribution in [0.4, 0.5) is 5.69 Å². The summed E-state index contributed by atoms with van der Waals surface area (Å²) in [6, 6.07) is 3.71. The monoisotopic (exact) mass is 259 g/mol. The number of rotatable bonds is 7. The van der Waals surface area contributed by atoms with Gasteiger partial charge in [-0.05, 0) is 18.6 Å². The van der Waals surface area contributed by atoms with Crippen LogP contribution in [0.1, 0.15) is 39.0 Å². The van der Waals surface area contributed by atoms with E-state index in [9.17, 15) is 0 Å². The van der Waals surface area contributed by atoms with E-state index in [1.807, 2.05) is 18.3 Å². The first kappa shape index (κ1) is 15.0. The van der Waals surface area contributed by atoms with Gasteiger partial charge in [0.15, 0.2) is 6.19 Å². The van der Waals surface area contributed by atoms with Crippen LogP contribution in [0.15, 0.2) is 29.5 Å². The van der Waals surface area contributed by atoms with Gasteiger partial charge in [0.25, 0.3) is 0 Å². The van der Waals surface area contributed by atoms with E-state index in [2.05, 4.69) is 27.5 Å². The summed E-state index contributed by atoms with van der Waals surface area (Å²) < 4.78 is 0. The van der Waals surface area contributed by atoms with Crippen molar-refractivity contribution in [2.45, 2.75) is 39.0 Å². The van der Waals surface area contributed by atoms with Gasteiger partial charge in [-0.3, -0.25) is 15.3 Å².